The average molecular weight is 689 g/mol. The van der Waals surface area contributed by atoms with Gasteiger partial charge in [0.15, 0.2) is 5.78 Å². The van der Waals surface area contributed by atoms with Crippen LogP contribution in [0.4, 0.5) is 0 Å². The van der Waals surface area contributed by atoms with Gasteiger partial charge in [-0.2, -0.15) is 0 Å². The lowest BCUT2D eigenvalue weighted by Gasteiger charge is -2.61. The second-order valence-corrected chi connectivity index (χ2v) is 18.5. The zero-order valence-electron chi connectivity index (χ0n) is 31.1. The van der Waals surface area contributed by atoms with Crippen molar-refractivity contribution in [2.24, 2.45) is 45.7 Å². The molecule has 49 heavy (non-hydrogen) atoms. The van der Waals surface area contributed by atoms with Crippen molar-refractivity contribution in [2.75, 3.05) is 13.2 Å². The summed E-state index contributed by atoms with van der Waals surface area (Å²) < 4.78 is 6.24. The molecule has 9 heteroatoms. The summed E-state index contributed by atoms with van der Waals surface area (Å²) in [6, 6.07) is 0. The minimum Gasteiger partial charge on any atom is -0.396 e. The number of aliphatic hydroxyl groups excluding tert-OH is 2. The number of ether oxygens (including phenoxy) is 1. The number of epoxide rings is 1. The third-order valence-electron chi connectivity index (χ3n) is 15.8. The van der Waals surface area contributed by atoms with E-state index in [0.29, 0.717) is 38.0 Å². The Morgan fingerprint density at radius 2 is 1.76 bits per heavy atom. The molecule has 0 amide bonds. The van der Waals surface area contributed by atoms with Crippen LogP contribution in [0, 0.1) is 39.9 Å². The monoisotopic (exact) mass is 689 g/mol. The largest absolute Gasteiger partial charge is 0.396 e. The van der Waals surface area contributed by atoms with E-state index in [0.717, 1.165) is 76.3 Å². The zero-order chi connectivity index (χ0) is 35.6. The predicted molar refractivity (Wildman–Crippen MR) is 189 cm³/mol. The van der Waals surface area contributed by atoms with Gasteiger partial charge in [-0.1, -0.05) is 46.5 Å². The fourth-order valence-corrected chi connectivity index (χ4v) is 12.2. The van der Waals surface area contributed by atoms with E-state index in [1.165, 1.54) is 6.42 Å². The first-order chi connectivity index (χ1) is 23.0. The molecule has 5 fully saturated rings. The van der Waals surface area contributed by atoms with Crippen LogP contribution in [0.3, 0.4) is 0 Å². The van der Waals surface area contributed by atoms with Gasteiger partial charge >= 0.3 is 0 Å². The van der Waals surface area contributed by atoms with E-state index in [2.05, 4.69) is 19.2 Å². The first-order valence-electron chi connectivity index (χ1n) is 19.9. The number of unbranched alkanes of at least 4 members (excludes halogenated alkanes) is 3. The average Bonchev–Trinajstić information content (AvgIpc) is 3.83. The molecule has 3 saturated carbocycles. The highest BCUT2D eigenvalue weighted by molar-refractivity contribution is 5.95. The Kier molecular flexibility index (Phi) is 10.4. The lowest BCUT2D eigenvalue weighted by atomic mass is 9.44. The van der Waals surface area contributed by atoms with Gasteiger partial charge in [0.2, 0.25) is 0 Å². The van der Waals surface area contributed by atoms with Crippen LogP contribution in [-0.4, -0.2) is 85.7 Å². The van der Waals surface area contributed by atoms with Gasteiger partial charge < -0.3 is 41.3 Å². The highest BCUT2D eigenvalue weighted by atomic mass is 16.6. The van der Waals surface area contributed by atoms with Crippen molar-refractivity contribution >= 4 is 5.78 Å². The summed E-state index contributed by atoms with van der Waals surface area (Å²) in [6.07, 6.45) is 13.5. The number of ketones is 1. The molecule has 8 N–H and O–H groups in total. The van der Waals surface area contributed by atoms with Crippen LogP contribution >= 0.6 is 0 Å². The van der Waals surface area contributed by atoms with Gasteiger partial charge in [0, 0.05) is 16.7 Å². The summed E-state index contributed by atoms with van der Waals surface area (Å²) in [5.74, 6) is 0.0701. The molecule has 9 nitrogen and oxygen atoms in total. The number of nitrogens with one attached hydrogen (secondary N) is 1. The standard InChI is InChI=1S/C40H68N2O7/c1-6-7-8-9-15-39-18-11-26(44)22-29(39)30(45)23-28-27(39)12-17-36(3)31(13-19-40(28,36)48)37(4,46)33-34(49-33)38(5,47)35(2,24-43)16-10-25-14-20-42-32(41)21-25/h23,25-27,29,31-34,42-44,46-48H,6-22,24,41H2,1-5H3. The van der Waals surface area contributed by atoms with Gasteiger partial charge in [-0.25, -0.2) is 0 Å². The fraction of sp³-hybridized carbons (Fsp3) is 0.925. The molecular weight excluding hydrogens is 620 g/mol. The summed E-state index contributed by atoms with van der Waals surface area (Å²) in [5.41, 5.74) is 1.32. The van der Waals surface area contributed by atoms with Crippen molar-refractivity contribution in [3.05, 3.63) is 11.6 Å². The summed E-state index contributed by atoms with van der Waals surface area (Å²) in [7, 11) is 0. The van der Waals surface area contributed by atoms with Crippen LogP contribution in [0.5, 0.6) is 0 Å². The number of fused-ring (bicyclic) bond motifs is 5. The van der Waals surface area contributed by atoms with Crippen LogP contribution in [0.25, 0.3) is 0 Å². The molecule has 0 bridgehead atoms. The van der Waals surface area contributed by atoms with Crippen LogP contribution < -0.4 is 11.1 Å². The second-order valence-electron chi connectivity index (χ2n) is 18.5. The molecular formula is C40H68N2O7. The van der Waals surface area contributed by atoms with E-state index < -0.39 is 45.9 Å². The molecule has 14 unspecified atom stereocenters. The number of nitrogens with two attached hydrogens (primary N) is 1. The van der Waals surface area contributed by atoms with Gasteiger partial charge in [-0.05, 0) is 132 Å². The molecule has 280 valence electrons. The van der Waals surface area contributed by atoms with Crippen molar-refractivity contribution in [1.82, 2.24) is 5.32 Å². The Labute approximate surface area is 294 Å². The molecule has 4 aliphatic carbocycles. The molecule has 2 saturated heterocycles. The topological polar surface area (TPSA) is 169 Å². The van der Waals surface area contributed by atoms with E-state index in [9.17, 15) is 30.3 Å². The number of allylic oxidation sites excluding steroid dienone is 1. The number of hydrogen-bond acceptors (Lipinski definition) is 9. The molecule has 0 aromatic heterocycles. The second kappa shape index (κ2) is 13.5. The maximum atomic E-state index is 14.0. The van der Waals surface area contributed by atoms with Gasteiger partial charge in [-0.15, -0.1) is 0 Å². The molecule has 6 aliphatic rings. The van der Waals surface area contributed by atoms with Crippen molar-refractivity contribution in [3.63, 3.8) is 0 Å². The minimum absolute atomic E-state index is 0.0248. The maximum Gasteiger partial charge on any atom is 0.159 e. The summed E-state index contributed by atoms with van der Waals surface area (Å²) in [5, 5.41) is 62.0. The van der Waals surface area contributed by atoms with E-state index in [4.69, 9.17) is 10.5 Å². The maximum absolute atomic E-state index is 14.0. The molecule has 0 radical (unpaired) electrons. The van der Waals surface area contributed by atoms with Crippen LogP contribution in [0.15, 0.2) is 11.6 Å². The SMILES string of the molecule is CCCCCCC12CCC(O)CC1C(=O)C=C1C2CCC2(C)C(C(C)(O)C3OC3C(C)(O)C(C)(CO)CCC3CCNC(N)C3)CCC12O. The molecule has 0 aromatic rings. The Morgan fingerprint density at radius 1 is 1.00 bits per heavy atom. The molecule has 0 aromatic carbocycles. The third kappa shape index (κ3) is 6.12. The highest BCUT2D eigenvalue weighted by Gasteiger charge is 2.73. The van der Waals surface area contributed by atoms with Crippen LogP contribution in [-0.2, 0) is 9.53 Å². The molecule has 2 heterocycles. The predicted octanol–water partition coefficient (Wildman–Crippen LogP) is 4.50. The molecule has 2 aliphatic heterocycles. The first kappa shape index (κ1) is 37.8. The Balaban J connectivity index is 1.22. The molecule has 14 atom stereocenters. The lowest BCUT2D eigenvalue weighted by Crippen LogP contribution is -2.62. The normalized spacial score (nSPS) is 45.6. The number of carbonyl (C=O) groups is 1. The number of hydrogen-bond donors (Lipinski definition) is 7. The quantitative estimate of drug-likeness (QED) is 0.109. The summed E-state index contributed by atoms with van der Waals surface area (Å²) in [6.45, 7) is 10.4. The molecule has 6 rings (SSSR count). The van der Waals surface area contributed by atoms with Gasteiger partial charge in [0.25, 0.3) is 0 Å². The highest BCUT2D eigenvalue weighted by Crippen LogP contribution is 2.70. The van der Waals surface area contributed by atoms with Crippen LogP contribution in [0.2, 0.25) is 0 Å². The van der Waals surface area contributed by atoms with E-state index >= 15 is 0 Å². The van der Waals surface area contributed by atoms with E-state index in [1.54, 1.807) is 13.0 Å². The van der Waals surface area contributed by atoms with Gasteiger partial charge in [0.1, 0.15) is 12.2 Å². The number of carbonyl (C=O) groups excluding carboxylic acids is 1. The minimum atomic E-state index is -1.39. The number of rotatable bonds is 13. The van der Waals surface area contributed by atoms with Crippen molar-refractivity contribution in [3.8, 4) is 0 Å². The summed E-state index contributed by atoms with van der Waals surface area (Å²) in [4.78, 5) is 14.0. The number of piperidine rings is 1. The van der Waals surface area contributed by atoms with Gasteiger partial charge in [0.05, 0.1) is 35.7 Å². The summed E-state index contributed by atoms with van der Waals surface area (Å²) >= 11 is 0. The van der Waals surface area contributed by atoms with Crippen molar-refractivity contribution in [2.45, 2.75) is 179 Å². The van der Waals surface area contributed by atoms with Crippen molar-refractivity contribution in [1.29, 1.82) is 0 Å². The van der Waals surface area contributed by atoms with Gasteiger partial charge in [-0.3, -0.25) is 4.79 Å². The first-order valence-corrected chi connectivity index (χ1v) is 19.9. The van der Waals surface area contributed by atoms with Crippen LogP contribution in [0.1, 0.15) is 137 Å². The zero-order valence-corrected chi connectivity index (χ0v) is 31.1. The Hall–Kier alpha value is -0.910. The van der Waals surface area contributed by atoms with E-state index in [1.807, 2.05) is 13.8 Å². The van der Waals surface area contributed by atoms with E-state index in [-0.39, 0.29) is 41.7 Å². The smallest absolute Gasteiger partial charge is 0.159 e. The fourth-order valence-electron chi connectivity index (χ4n) is 12.2. The molecule has 0 spiro atoms. The number of aliphatic hydroxyl groups is 5. The third-order valence-corrected chi connectivity index (χ3v) is 15.8. The Bertz CT molecular complexity index is 1250. The Morgan fingerprint density at radius 3 is 2.45 bits per heavy atom. The van der Waals surface area contributed by atoms with Crippen molar-refractivity contribution < 1.29 is 35.1 Å². The lowest BCUT2D eigenvalue weighted by molar-refractivity contribution is -0.156.